The Morgan fingerprint density at radius 1 is 0.947 bits per heavy atom. The zero-order valence-corrected chi connectivity index (χ0v) is 11.8. The predicted octanol–water partition coefficient (Wildman–Crippen LogP) is 4.57. The Morgan fingerprint density at radius 2 is 1.63 bits per heavy atom. The molecule has 0 spiro atoms. The molecule has 3 rings (SSSR count). The molecule has 19 heavy (non-hydrogen) atoms. The van der Waals surface area contributed by atoms with Crippen molar-refractivity contribution in [1.82, 2.24) is 9.55 Å². The lowest BCUT2D eigenvalue weighted by molar-refractivity contribution is 1.11. The first kappa shape index (κ1) is 12.6. The van der Waals surface area contributed by atoms with Gasteiger partial charge in [-0.15, -0.1) is 0 Å². The smallest absolute Gasteiger partial charge is 0.205 e. The second-order valence-corrected chi connectivity index (χ2v) is 5.31. The third-order valence-electron chi connectivity index (χ3n) is 2.79. The third-order valence-corrected chi connectivity index (χ3v) is 3.57. The molecule has 3 aromatic rings. The molecule has 0 aliphatic carbocycles. The molecule has 2 N–H and O–H groups in total. The summed E-state index contributed by atoms with van der Waals surface area (Å²) < 4.78 is 1.75. The Hall–Kier alpha value is -1.42. The average Bonchev–Trinajstić information content (AvgIpc) is 2.65. The maximum absolute atomic E-state index is 6.21. The van der Waals surface area contributed by atoms with Crippen molar-refractivity contribution >= 4 is 51.8 Å². The Morgan fingerprint density at radius 3 is 2.37 bits per heavy atom. The molecule has 0 aliphatic heterocycles. The van der Waals surface area contributed by atoms with Gasteiger partial charge in [-0.05, 0) is 36.4 Å². The number of nitrogens with zero attached hydrogens (tertiary/aromatic N) is 2. The number of benzene rings is 2. The Kier molecular flexibility index (Phi) is 3.05. The minimum Gasteiger partial charge on any atom is -0.369 e. The largest absolute Gasteiger partial charge is 0.369 e. The maximum atomic E-state index is 6.21. The van der Waals surface area contributed by atoms with E-state index in [1.54, 1.807) is 34.9 Å². The van der Waals surface area contributed by atoms with Gasteiger partial charge in [0.05, 0.1) is 21.7 Å². The van der Waals surface area contributed by atoms with E-state index >= 15 is 0 Å². The molecule has 0 saturated carbocycles. The van der Waals surface area contributed by atoms with Crippen molar-refractivity contribution in [3.05, 3.63) is 51.5 Å². The normalized spacial score (nSPS) is 11.1. The summed E-state index contributed by atoms with van der Waals surface area (Å²) in [6, 6.07) is 10.6. The molecule has 0 atom stereocenters. The van der Waals surface area contributed by atoms with Crippen molar-refractivity contribution in [3.63, 3.8) is 0 Å². The van der Waals surface area contributed by atoms with Crippen molar-refractivity contribution in [2.24, 2.45) is 0 Å². The minimum absolute atomic E-state index is 0.349. The highest BCUT2D eigenvalue weighted by Crippen LogP contribution is 2.31. The van der Waals surface area contributed by atoms with E-state index < -0.39 is 0 Å². The van der Waals surface area contributed by atoms with Gasteiger partial charge in [-0.2, -0.15) is 0 Å². The van der Waals surface area contributed by atoms with Gasteiger partial charge in [0.1, 0.15) is 0 Å². The number of hydrogen-bond acceptors (Lipinski definition) is 2. The Bertz CT molecular complexity index is 780. The van der Waals surface area contributed by atoms with Crippen LogP contribution in [0.3, 0.4) is 0 Å². The van der Waals surface area contributed by atoms with E-state index in [0.717, 1.165) is 11.0 Å². The van der Waals surface area contributed by atoms with Crippen LogP contribution in [0.4, 0.5) is 5.95 Å². The van der Waals surface area contributed by atoms with Crippen LogP contribution in [0.15, 0.2) is 36.4 Å². The molecule has 1 heterocycles. The summed E-state index contributed by atoms with van der Waals surface area (Å²) in [6.07, 6.45) is 0. The zero-order valence-electron chi connectivity index (χ0n) is 9.57. The van der Waals surface area contributed by atoms with Gasteiger partial charge in [-0.1, -0.05) is 34.8 Å². The van der Waals surface area contributed by atoms with E-state index in [2.05, 4.69) is 4.98 Å². The van der Waals surface area contributed by atoms with Gasteiger partial charge >= 0.3 is 0 Å². The summed E-state index contributed by atoms with van der Waals surface area (Å²) in [7, 11) is 0. The number of nitrogen functional groups attached to an aromatic ring is 1. The lowest BCUT2D eigenvalue weighted by Gasteiger charge is -2.09. The number of hydrogen-bond donors (Lipinski definition) is 1. The molecule has 0 unspecified atom stereocenters. The first-order valence-electron chi connectivity index (χ1n) is 5.45. The summed E-state index contributed by atoms with van der Waals surface area (Å²) in [4.78, 5) is 4.28. The number of aromatic nitrogens is 2. The summed E-state index contributed by atoms with van der Waals surface area (Å²) in [5, 5.41) is 1.67. The van der Waals surface area contributed by atoms with E-state index in [-0.39, 0.29) is 0 Å². The van der Waals surface area contributed by atoms with Crippen LogP contribution in [0.1, 0.15) is 0 Å². The quantitative estimate of drug-likeness (QED) is 0.715. The van der Waals surface area contributed by atoms with Crippen molar-refractivity contribution in [1.29, 1.82) is 0 Å². The van der Waals surface area contributed by atoms with Crippen LogP contribution in [0, 0.1) is 0 Å². The van der Waals surface area contributed by atoms with Gasteiger partial charge in [-0.25, -0.2) is 4.98 Å². The van der Waals surface area contributed by atoms with E-state index in [1.165, 1.54) is 0 Å². The second-order valence-electron chi connectivity index (χ2n) is 4.03. The monoisotopic (exact) mass is 311 g/mol. The molecular formula is C13H8Cl3N3. The molecule has 3 nitrogen and oxygen atoms in total. The molecule has 2 aromatic carbocycles. The van der Waals surface area contributed by atoms with Gasteiger partial charge < -0.3 is 5.73 Å². The number of nitrogens with two attached hydrogens (primary N) is 1. The molecular weight excluding hydrogens is 305 g/mol. The van der Waals surface area contributed by atoms with Gasteiger partial charge in [0.15, 0.2) is 0 Å². The maximum Gasteiger partial charge on any atom is 0.205 e. The topological polar surface area (TPSA) is 43.8 Å². The fourth-order valence-electron chi connectivity index (χ4n) is 1.98. The summed E-state index contributed by atoms with van der Waals surface area (Å²) in [5.41, 5.74) is 8.23. The van der Waals surface area contributed by atoms with Crippen LogP contribution >= 0.6 is 34.8 Å². The summed E-state index contributed by atoms with van der Waals surface area (Å²) >= 11 is 18.1. The fourth-order valence-corrected chi connectivity index (χ4v) is 2.64. The highest BCUT2D eigenvalue weighted by molar-refractivity contribution is 6.36. The van der Waals surface area contributed by atoms with Crippen LogP contribution in [-0.4, -0.2) is 9.55 Å². The molecule has 6 heteroatoms. The number of anilines is 1. The Balaban J connectivity index is 2.35. The van der Waals surface area contributed by atoms with E-state index in [9.17, 15) is 0 Å². The van der Waals surface area contributed by atoms with Crippen LogP contribution < -0.4 is 5.73 Å². The molecule has 0 amide bonds. The molecule has 0 saturated heterocycles. The van der Waals surface area contributed by atoms with Crippen molar-refractivity contribution < 1.29 is 0 Å². The number of imidazole rings is 1. The highest BCUT2D eigenvalue weighted by atomic mass is 35.5. The van der Waals surface area contributed by atoms with Crippen molar-refractivity contribution in [3.8, 4) is 5.69 Å². The van der Waals surface area contributed by atoms with Gasteiger partial charge in [-0.3, -0.25) is 4.57 Å². The SMILES string of the molecule is Nc1nc2ccc(Cl)cc2n1-c1ccc(Cl)cc1Cl. The van der Waals surface area contributed by atoms with Gasteiger partial charge in [0, 0.05) is 10.0 Å². The first-order chi connectivity index (χ1) is 9.06. The highest BCUT2D eigenvalue weighted by Gasteiger charge is 2.13. The van der Waals surface area contributed by atoms with Crippen molar-refractivity contribution in [2.45, 2.75) is 0 Å². The number of fused-ring (bicyclic) bond motifs is 1. The molecule has 96 valence electrons. The Labute approximate surface area is 124 Å². The molecule has 0 bridgehead atoms. The van der Waals surface area contributed by atoms with E-state index in [0.29, 0.717) is 26.7 Å². The lowest BCUT2D eigenvalue weighted by atomic mass is 10.3. The predicted molar refractivity (Wildman–Crippen MR) is 80.5 cm³/mol. The minimum atomic E-state index is 0.349. The molecule has 0 fully saturated rings. The number of halogens is 3. The van der Waals surface area contributed by atoms with Crippen LogP contribution in [0.5, 0.6) is 0 Å². The third kappa shape index (κ3) is 2.14. The lowest BCUT2D eigenvalue weighted by Crippen LogP contribution is -2.01. The summed E-state index contributed by atoms with van der Waals surface area (Å²) in [5.74, 6) is 0.349. The van der Waals surface area contributed by atoms with Gasteiger partial charge in [0.2, 0.25) is 5.95 Å². The van der Waals surface area contributed by atoms with E-state index in [4.69, 9.17) is 40.5 Å². The first-order valence-corrected chi connectivity index (χ1v) is 6.58. The zero-order chi connectivity index (χ0) is 13.6. The van der Waals surface area contributed by atoms with Gasteiger partial charge in [0.25, 0.3) is 0 Å². The molecule has 0 aliphatic rings. The molecule has 1 aromatic heterocycles. The standard InChI is InChI=1S/C13H8Cl3N3/c14-7-2-4-11(9(16)5-7)19-12-6-8(15)1-3-10(12)18-13(19)17/h1-6H,(H2,17,18). The average molecular weight is 313 g/mol. The van der Waals surface area contributed by atoms with E-state index in [1.807, 2.05) is 6.07 Å². The van der Waals surface area contributed by atoms with Crippen LogP contribution in [0.25, 0.3) is 16.7 Å². The number of rotatable bonds is 1. The molecule has 0 radical (unpaired) electrons. The fraction of sp³-hybridized carbons (Fsp3) is 0. The van der Waals surface area contributed by atoms with Crippen LogP contribution in [-0.2, 0) is 0 Å². The van der Waals surface area contributed by atoms with Crippen molar-refractivity contribution in [2.75, 3.05) is 5.73 Å². The summed E-state index contributed by atoms with van der Waals surface area (Å²) in [6.45, 7) is 0. The van der Waals surface area contributed by atoms with Crippen LogP contribution in [0.2, 0.25) is 15.1 Å². The second kappa shape index (κ2) is 4.60.